The van der Waals surface area contributed by atoms with Crippen LogP contribution in [0.3, 0.4) is 0 Å². The maximum atomic E-state index is 13.1. The third kappa shape index (κ3) is 3.41. The van der Waals surface area contributed by atoms with E-state index in [4.69, 9.17) is 8.85 Å². The Labute approximate surface area is 152 Å². The lowest BCUT2D eigenvalue weighted by Gasteiger charge is -2.15. The van der Waals surface area contributed by atoms with E-state index in [0.717, 1.165) is 12.4 Å². The van der Waals surface area contributed by atoms with E-state index in [1.807, 2.05) is 5.32 Å². The van der Waals surface area contributed by atoms with Crippen LogP contribution in [0.15, 0.2) is 42.9 Å². The van der Waals surface area contributed by atoms with Gasteiger partial charge in [0.2, 0.25) is 0 Å². The largest absolute Gasteiger partial charge is 0.494 e. The SMILES string of the molecule is [2H]C([2H])([2H])NC(=O)c1nnccc1Nc1cccc(-c2ncc(F)cn2)c1OC. The lowest BCUT2D eigenvalue weighted by Crippen LogP contribution is -2.21. The van der Waals surface area contributed by atoms with E-state index in [1.54, 1.807) is 18.2 Å². The Morgan fingerprint density at radius 2 is 2.04 bits per heavy atom. The Hall–Kier alpha value is -3.62. The molecule has 3 aromatic rings. The predicted molar refractivity (Wildman–Crippen MR) is 92.7 cm³/mol. The molecule has 8 nitrogen and oxygen atoms in total. The van der Waals surface area contributed by atoms with E-state index in [9.17, 15) is 9.18 Å². The van der Waals surface area contributed by atoms with Gasteiger partial charge in [0, 0.05) is 11.1 Å². The van der Waals surface area contributed by atoms with Gasteiger partial charge in [-0.1, -0.05) is 6.07 Å². The number of aromatic nitrogens is 4. The molecule has 0 saturated carbocycles. The monoisotopic (exact) mass is 357 g/mol. The summed E-state index contributed by atoms with van der Waals surface area (Å²) in [5.41, 5.74) is 0.896. The van der Waals surface area contributed by atoms with Crippen molar-refractivity contribution in [2.24, 2.45) is 0 Å². The van der Waals surface area contributed by atoms with Crippen LogP contribution in [0.1, 0.15) is 14.6 Å². The smallest absolute Gasteiger partial charge is 0.273 e. The van der Waals surface area contributed by atoms with E-state index in [0.29, 0.717) is 17.0 Å². The van der Waals surface area contributed by atoms with E-state index in [2.05, 4.69) is 25.5 Å². The summed E-state index contributed by atoms with van der Waals surface area (Å²) in [5, 5.41) is 12.2. The van der Waals surface area contributed by atoms with E-state index in [1.165, 1.54) is 19.4 Å². The summed E-state index contributed by atoms with van der Waals surface area (Å²) in [5.74, 6) is -0.925. The summed E-state index contributed by atoms with van der Waals surface area (Å²) in [4.78, 5) is 20.1. The number of hydrogen-bond donors (Lipinski definition) is 2. The van der Waals surface area contributed by atoms with Gasteiger partial charge in [0.25, 0.3) is 5.91 Å². The number of methoxy groups -OCH3 is 1. The lowest BCUT2D eigenvalue weighted by molar-refractivity contribution is 0.0958. The maximum Gasteiger partial charge on any atom is 0.273 e. The summed E-state index contributed by atoms with van der Waals surface area (Å²) in [6.45, 7) is -2.68. The van der Waals surface area contributed by atoms with Crippen LogP contribution in [-0.4, -0.2) is 40.2 Å². The lowest BCUT2D eigenvalue weighted by atomic mass is 10.1. The number of para-hydroxylation sites is 1. The number of ether oxygens (including phenoxy) is 1. The molecule has 0 aliphatic heterocycles. The zero-order chi connectivity index (χ0) is 21.0. The van der Waals surface area contributed by atoms with Crippen molar-refractivity contribution < 1.29 is 18.0 Å². The molecule has 0 aliphatic carbocycles. The van der Waals surface area contributed by atoms with Crippen molar-refractivity contribution in [3.63, 3.8) is 0 Å². The van der Waals surface area contributed by atoms with Crippen molar-refractivity contribution >= 4 is 17.3 Å². The number of halogens is 1. The summed E-state index contributed by atoms with van der Waals surface area (Å²) < 4.78 is 40.1. The Balaban J connectivity index is 1.98. The van der Waals surface area contributed by atoms with Crippen LogP contribution in [0, 0.1) is 5.82 Å². The van der Waals surface area contributed by atoms with Crippen LogP contribution < -0.4 is 15.4 Å². The molecular formula is C17H15FN6O2. The summed E-state index contributed by atoms with van der Waals surface area (Å²) >= 11 is 0. The number of rotatable bonds is 5. The highest BCUT2D eigenvalue weighted by Gasteiger charge is 2.17. The molecule has 0 aliphatic rings. The first-order valence-electron chi connectivity index (χ1n) is 8.84. The molecule has 2 heterocycles. The van der Waals surface area contributed by atoms with Gasteiger partial charge in [-0.2, -0.15) is 5.10 Å². The highest BCUT2D eigenvalue weighted by Crippen LogP contribution is 2.36. The van der Waals surface area contributed by atoms with Crippen LogP contribution in [0.25, 0.3) is 11.4 Å². The fourth-order valence-electron chi connectivity index (χ4n) is 2.29. The molecule has 26 heavy (non-hydrogen) atoms. The Morgan fingerprint density at radius 3 is 2.77 bits per heavy atom. The Morgan fingerprint density at radius 1 is 1.23 bits per heavy atom. The minimum atomic E-state index is -2.68. The van der Waals surface area contributed by atoms with Gasteiger partial charge in [-0.3, -0.25) is 4.79 Å². The molecule has 0 fully saturated rings. The minimum absolute atomic E-state index is 0.206. The number of nitrogens with one attached hydrogen (secondary N) is 2. The van der Waals surface area contributed by atoms with Gasteiger partial charge in [-0.05, 0) is 18.2 Å². The molecular weight excluding hydrogens is 339 g/mol. The molecule has 0 atom stereocenters. The molecule has 132 valence electrons. The molecule has 0 saturated heterocycles. The molecule has 2 N–H and O–H groups in total. The first-order chi connectivity index (χ1) is 13.8. The molecule has 9 heteroatoms. The maximum absolute atomic E-state index is 13.1. The molecule has 0 unspecified atom stereocenters. The molecule has 0 radical (unpaired) electrons. The number of benzene rings is 1. The van der Waals surface area contributed by atoms with Crippen molar-refractivity contribution in [1.29, 1.82) is 0 Å². The molecule has 2 aromatic heterocycles. The molecule has 0 bridgehead atoms. The zero-order valence-electron chi connectivity index (χ0n) is 16.5. The first kappa shape index (κ1) is 13.6. The second-order valence-electron chi connectivity index (χ2n) is 4.98. The number of anilines is 2. The van der Waals surface area contributed by atoms with E-state index in [-0.39, 0.29) is 17.2 Å². The van der Waals surface area contributed by atoms with Crippen molar-refractivity contribution in [2.75, 3.05) is 19.4 Å². The fraction of sp³-hybridized carbons (Fsp3) is 0.118. The average Bonchev–Trinajstić information content (AvgIpc) is 2.67. The third-order valence-corrected chi connectivity index (χ3v) is 3.40. The number of nitrogens with zero attached hydrogens (tertiary/aromatic N) is 4. The highest BCUT2D eigenvalue weighted by atomic mass is 19.1. The second kappa shape index (κ2) is 7.51. The Kier molecular flexibility index (Phi) is 3.94. The quantitative estimate of drug-likeness (QED) is 0.721. The van der Waals surface area contributed by atoms with E-state index >= 15 is 0 Å². The average molecular weight is 357 g/mol. The van der Waals surface area contributed by atoms with Crippen LogP contribution in [0.2, 0.25) is 0 Å². The number of carbonyl (C=O) groups excluding carboxylic acids is 1. The zero-order valence-corrected chi connectivity index (χ0v) is 13.5. The van der Waals surface area contributed by atoms with Crippen LogP contribution >= 0.6 is 0 Å². The minimum Gasteiger partial charge on any atom is -0.494 e. The normalized spacial score (nSPS) is 12.5. The standard InChI is InChI=1S/C17H15FN6O2/c1-19-17(25)14-12(6-7-22-24-14)23-13-5-3-4-11(15(13)26-2)16-20-8-10(18)9-21-16/h3-9H,1-2H3,(H,19,25)(H,22,23)/i1D3. The molecule has 1 amide bonds. The van der Waals surface area contributed by atoms with Gasteiger partial charge in [0.1, 0.15) is 0 Å². The topological polar surface area (TPSA) is 102 Å². The highest BCUT2D eigenvalue weighted by molar-refractivity contribution is 5.98. The van der Waals surface area contributed by atoms with Crippen LogP contribution in [-0.2, 0) is 0 Å². The number of hydrogen-bond acceptors (Lipinski definition) is 7. The second-order valence-corrected chi connectivity index (χ2v) is 4.98. The van der Waals surface area contributed by atoms with Crippen molar-refractivity contribution in [2.45, 2.75) is 0 Å². The predicted octanol–water partition coefficient (Wildman–Crippen LogP) is 2.18. The van der Waals surface area contributed by atoms with Gasteiger partial charge < -0.3 is 15.4 Å². The van der Waals surface area contributed by atoms with Gasteiger partial charge >= 0.3 is 0 Å². The number of amides is 1. The van der Waals surface area contributed by atoms with Gasteiger partial charge in [-0.15, -0.1) is 5.10 Å². The van der Waals surface area contributed by atoms with Gasteiger partial charge in [0.15, 0.2) is 23.1 Å². The molecule has 1 aromatic carbocycles. The van der Waals surface area contributed by atoms with Gasteiger partial charge in [0.05, 0.1) is 42.6 Å². The third-order valence-electron chi connectivity index (χ3n) is 3.40. The van der Waals surface area contributed by atoms with Gasteiger partial charge in [-0.25, -0.2) is 14.4 Å². The van der Waals surface area contributed by atoms with Crippen LogP contribution in [0.5, 0.6) is 5.75 Å². The van der Waals surface area contributed by atoms with Crippen molar-refractivity contribution in [3.8, 4) is 17.1 Å². The first-order valence-corrected chi connectivity index (χ1v) is 7.34. The summed E-state index contributed by atoms with van der Waals surface area (Å²) in [6, 6.07) is 6.49. The van der Waals surface area contributed by atoms with Crippen molar-refractivity contribution in [1.82, 2.24) is 25.5 Å². The summed E-state index contributed by atoms with van der Waals surface area (Å²) in [6.07, 6.45) is 3.41. The molecule has 3 rings (SSSR count). The Bertz CT molecular complexity index is 1030. The van der Waals surface area contributed by atoms with Crippen LogP contribution in [0.4, 0.5) is 15.8 Å². The van der Waals surface area contributed by atoms with E-state index < -0.39 is 18.7 Å². The fourth-order valence-corrected chi connectivity index (χ4v) is 2.29. The molecule has 0 spiro atoms. The number of carbonyl (C=O) groups is 1. The van der Waals surface area contributed by atoms with Crippen molar-refractivity contribution in [3.05, 3.63) is 54.4 Å². The summed E-state index contributed by atoms with van der Waals surface area (Å²) in [7, 11) is 1.43.